The van der Waals surface area contributed by atoms with Crippen molar-refractivity contribution < 1.29 is 10.2 Å². The van der Waals surface area contributed by atoms with Gasteiger partial charge < -0.3 is 0 Å². The fourth-order valence-electron chi connectivity index (χ4n) is 1.91. The third-order valence-electron chi connectivity index (χ3n) is 2.83. The van der Waals surface area contributed by atoms with Crippen molar-refractivity contribution in [2.75, 3.05) is 12.3 Å². The summed E-state index contributed by atoms with van der Waals surface area (Å²) >= 11 is -0.297. The van der Waals surface area contributed by atoms with E-state index >= 15 is 0 Å². The van der Waals surface area contributed by atoms with Crippen LogP contribution in [0.1, 0.15) is 4.94 Å². The summed E-state index contributed by atoms with van der Waals surface area (Å²) in [5.74, 6) is 0.103. The van der Waals surface area contributed by atoms with Crippen LogP contribution in [0, 0.1) is 0 Å². The van der Waals surface area contributed by atoms with Crippen molar-refractivity contribution in [2.45, 2.75) is 21.9 Å². The van der Waals surface area contributed by atoms with Gasteiger partial charge in [0.05, 0.1) is 0 Å². The zero-order valence-corrected chi connectivity index (χ0v) is 11.4. The van der Waals surface area contributed by atoms with E-state index in [-0.39, 0.29) is 32.2 Å². The predicted molar refractivity (Wildman–Crippen MR) is 67.5 cm³/mol. The molecule has 0 spiro atoms. The molecule has 9 nitrogen and oxygen atoms in total. The number of rotatable bonds is 3. The molecule has 0 aromatic carbocycles. The van der Waals surface area contributed by atoms with Crippen LogP contribution in [-0.4, -0.2) is 53.5 Å². The van der Waals surface area contributed by atoms with Crippen molar-refractivity contribution in [3.63, 3.8) is 0 Å². The molecule has 0 aliphatic carbocycles. The van der Waals surface area contributed by atoms with Gasteiger partial charge in [0.1, 0.15) is 0 Å². The molecular weight excluding hydrogens is 319 g/mol. The number of azide groups is 1. The molecule has 1 aliphatic heterocycles. The predicted octanol–water partition coefficient (Wildman–Crippen LogP) is -1.14. The minimum absolute atomic E-state index is 0.103. The van der Waals surface area contributed by atoms with E-state index in [0.29, 0.717) is 0 Å². The van der Waals surface area contributed by atoms with Crippen molar-refractivity contribution in [3.05, 3.63) is 33.2 Å². The molecule has 102 valence electrons. The Hall–Kier alpha value is -1.57. The van der Waals surface area contributed by atoms with Crippen LogP contribution in [0.4, 0.5) is 5.82 Å². The zero-order valence-electron chi connectivity index (χ0n) is 9.70. The van der Waals surface area contributed by atoms with Crippen molar-refractivity contribution in [1.29, 1.82) is 0 Å². The van der Waals surface area contributed by atoms with Crippen molar-refractivity contribution in [1.82, 2.24) is 9.55 Å². The van der Waals surface area contributed by atoms with Crippen LogP contribution in [0.15, 0.2) is 22.2 Å². The van der Waals surface area contributed by atoms with Crippen LogP contribution >= 0.6 is 0 Å². The summed E-state index contributed by atoms with van der Waals surface area (Å²) in [6, 6.07) is 0.675. The molecule has 0 radical (unpaired) electrons. The number of anilines is 1. The van der Waals surface area contributed by atoms with E-state index in [1.54, 1.807) is 0 Å². The number of hydrogen-bond acceptors (Lipinski definition) is 6. The minimum atomic E-state index is -0.963. The molecule has 4 N–H and O–H groups in total. The van der Waals surface area contributed by atoms with Crippen LogP contribution in [0.25, 0.3) is 10.4 Å². The van der Waals surface area contributed by atoms with Gasteiger partial charge in [-0.1, -0.05) is 0 Å². The maximum absolute atomic E-state index is 11.8. The molecule has 1 fully saturated rings. The Labute approximate surface area is 113 Å². The molecule has 1 aliphatic rings. The normalized spacial score (nSPS) is 30.0. The Morgan fingerprint density at radius 1 is 1.68 bits per heavy atom. The van der Waals surface area contributed by atoms with Gasteiger partial charge in [-0.25, -0.2) is 0 Å². The second-order valence-corrected chi connectivity index (χ2v) is 6.83. The summed E-state index contributed by atoms with van der Waals surface area (Å²) in [4.78, 5) is 17.2. The summed E-state index contributed by atoms with van der Waals surface area (Å²) in [7, 11) is 0. The molecule has 10 heteroatoms. The summed E-state index contributed by atoms with van der Waals surface area (Å²) in [6.45, 7) is -0.216. The van der Waals surface area contributed by atoms with Gasteiger partial charge in [-0.2, -0.15) is 0 Å². The molecule has 19 heavy (non-hydrogen) atoms. The third kappa shape index (κ3) is 2.58. The zero-order chi connectivity index (χ0) is 14.0. The summed E-state index contributed by atoms with van der Waals surface area (Å²) in [6.07, 6.45) is 0.499. The van der Waals surface area contributed by atoms with Crippen molar-refractivity contribution in [3.8, 4) is 0 Å². The molecular formula is C9H12N6O3Se. The van der Waals surface area contributed by atoms with Gasteiger partial charge in [-0.15, -0.1) is 0 Å². The summed E-state index contributed by atoms with van der Waals surface area (Å²) in [5, 5.41) is 22.7. The Morgan fingerprint density at radius 3 is 3.00 bits per heavy atom. The fourth-order valence-corrected chi connectivity index (χ4v) is 4.92. The molecule has 0 amide bonds. The standard InChI is InChI=1S/C9H12N6O3Se/c10-5-1-2-15(9(18)12-5)8-6(13-14-11)7(17)4(3-16)19-8/h1-2,4,6-8,16-17H,3H2,(H2,10,12,18)/t4-,6?,7-,8?/m1/s1. The first-order valence-corrected chi connectivity index (χ1v) is 7.39. The number of aliphatic hydroxyl groups is 2. The van der Waals surface area contributed by atoms with E-state index in [4.69, 9.17) is 11.3 Å². The summed E-state index contributed by atoms with van der Waals surface area (Å²) < 4.78 is 1.30. The van der Waals surface area contributed by atoms with E-state index in [0.717, 1.165) is 0 Å². The van der Waals surface area contributed by atoms with Gasteiger partial charge in [-0.3, -0.25) is 0 Å². The maximum atomic E-state index is 11.8. The van der Waals surface area contributed by atoms with E-state index < -0.39 is 22.8 Å². The van der Waals surface area contributed by atoms with Crippen LogP contribution in [-0.2, 0) is 0 Å². The number of nitrogens with zero attached hydrogens (tertiary/aromatic N) is 5. The van der Waals surface area contributed by atoms with Crippen LogP contribution in [0.5, 0.6) is 0 Å². The average Bonchev–Trinajstić information content (AvgIpc) is 2.68. The second-order valence-electron chi connectivity index (χ2n) is 3.98. The molecule has 0 bridgehead atoms. The first-order chi connectivity index (χ1) is 9.08. The molecule has 1 aromatic heterocycles. The van der Waals surface area contributed by atoms with Crippen molar-refractivity contribution in [2.24, 2.45) is 5.11 Å². The summed E-state index contributed by atoms with van der Waals surface area (Å²) in [5.41, 5.74) is 13.4. The monoisotopic (exact) mass is 332 g/mol. The molecule has 4 atom stereocenters. The van der Waals surface area contributed by atoms with Crippen molar-refractivity contribution >= 4 is 20.8 Å². The van der Waals surface area contributed by atoms with Crippen LogP contribution < -0.4 is 11.4 Å². The number of nitrogen functional groups attached to an aromatic ring is 1. The number of nitrogens with two attached hydrogens (primary N) is 1. The number of aromatic nitrogens is 2. The van der Waals surface area contributed by atoms with E-state index in [9.17, 15) is 15.0 Å². The first kappa shape index (κ1) is 13.9. The molecule has 2 rings (SSSR count). The van der Waals surface area contributed by atoms with E-state index in [1.807, 2.05) is 0 Å². The number of hydrogen-bond donors (Lipinski definition) is 3. The second kappa shape index (κ2) is 5.60. The van der Waals surface area contributed by atoms with Crippen LogP contribution in [0.3, 0.4) is 0 Å². The molecule has 0 saturated carbocycles. The van der Waals surface area contributed by atoms with E-state index in [1.165, 1.54) is 16.8 Å². The van der Waals surface area contributed by atoms with Gasteiger partial charge in [0, 0.05) is 0 Å². The molecule has 2 unspecified atom stereocenters. The Balaban J connectivity index is 2.41. The molecule has 1 aromatic rings. The fraction of sp³-hybridized carbons (Fsp3) is 0.556. The van der Waals surface area contributed by atoms with Gasteiger partial charge >= 0.3 is 113 Å². The SMILES string of the molecule is [N-]=[N+]=NC1C(n2ccc(N)nc2=O)[Se][C@H](CO)[C@H]1O. The first-order valence-electron chi connectivity index (χ1n) is 5.41. The van der Waals surface area contributed by atoms with Gasteiger partial charge in [0.15, 0.2) is 0 Å². The van der Waals surface area contributed by atoms with Gasteiger partial charge in [-0.05, 0) is 0 Å². The quantitative estimate of drug-likeness (QED) is 0.277. The van der Waals surface area contributed by atoms with Gasteiger partial charge in [0.2, 0.25) is 0 Å². The Bertz CT molecular complexity index is 571. The topological polar surface area (TPSA) is 150 Å². The molecule has 1 saturated heterocycles. The Kier molecular flexibility index (Phi) is 4.08. The Morgan fingerprint density at radius 2 is 2.42 bits per heavy atom. The average molecular weight is 331 g/mol. The van der Waals surface area contributed by atoms with Crippen LogP contribution in [0.2, 0.25) is 4.82 Å². The molecule has 2 heterocycles. The third-order valence-corrected chi connectivity index (χ3v) is 6.11. The van der Waals surface area contributed by atoms with Gasteiger partial charge in [0.25, 0.3) is 0 Å². The van der Waals surface area contributed by atoms with E-state index in [2.05, 4.69) is 15.0 Å². The number of aliphatic hydroxyl groups excluding tert-OH is 2.